The van der Waals surface area contributed by atoms with E-state index in [1.165, 1.54) is 0 Å². The molecule has 1 aliphatic rings. The smallest absolute Gasteiger partial charge is 0.116 e. The lowest BCUT2D eigenvalue weighted by molar-refractivity contribution is 0.281. The summed E-state index contributed by atoms with van der Waals surface area (Å²) in [5.74, 6) is 0.255. The number of alkyl halides is 1. The third kappa shape index (κ3) is 3.19. The van der Waals surface area contributed by atoms with Crippen LogP contribution in [0.15, 0.2) is 0 Å². The predicted molar refractivity (Wildman–Crippen MR) is 47.5 cm³/mol. The first-order valence-electron chi connectivity index (χ1n) is 4.60. The number of rotatable bonds is 1. The van der Waals surface area contributed by atoms with E-state index < -0.39 is 6.17 Å². The minimum atomic E-state index is -0.579. The molecule has 11 heavy (non-hydrogen) atoms. The molecule has 0 spiro atoms. The maximum atomic E-state index is 12.7. The van der Waals surface area contributed by atoms with E-state index in [0.29, 0.717) is 6.54 Å². The Bertz CT molecular complexity index is 85.6. The second kappa shape index (κ2) is 5.53. The van der Waals surface area contributed by atoms with Gasteiger partial charge in [0.1, 0.15) is 6.17 Å². The number of likely N-dealkylation sites (tertiary alicyclic amines) is 1. The minimum absolute atomic E-state index is 0.255. The van der Waals surface area contributed by atoms with Gasteiger partial charge >= 0.3 is 0 Å². The fourth-order valence-corrected chi connectivity index (χ4v) is 1.28. The first-order valence-corrected chi connectivity index (χ1v) is 4.60. The standard InChI is InChI=1S/C7H14FN.C2H6/c1-3-9-4-6(2)7(8)5-9;1-2/h6-7H,3-5H2,1-2H3;1-2H3. The van der Waals surface area contributed by atoms with Gasteiger partial charge < -0.3 is 4.90 Å². The molecule has 2 unspecified atom stereocenters. The molecule has 0 aliphatic carbocycles. The number of hydrogen-bond donors (Lipinski definition) is 0. The van der Waals surface area contributed by atoms with E-state index in [-0.39, 0.29) is 5.92 Å². The molecule has 2 heteroatoms. The molecule has 1 aliphatic heterocycles. The average molecular weight is 161 g/mol. The zero-order valence-corrected chi connectivity index (χ0v) is 8.10. The maximum Gasteiger partial charge on any atom is 0.116 e. The van der Waals surface area contributed by atoms with Crippen LogP contribution in [0.2, 0.25) is 0 Å². The summed E-state index contributed by atoms with van der Waals surface area (Å²) in [6, 6.07) is 0. The molecule has 0 aromatic rings. The van der Waals surface area contributed by atoms with Gasteiger partial charge in [0.25, 0.3) is 0 Å². The summed E-state index contributed by atoms with van der Waals surface area (Å²) < 4.78 is 12.7. The van der Waals surface area contributed by atoms with Crippen molar-refractivity contribution < 1.29 is 4.39 Å². The van der Waals surface area contributed by atoms with Gasteiger partial charge in [-0.3, -0.25) is 0 Å². The monoisotopic (exact) mass is 161 g/mol. The molecule has 0 bridgehead atoms. The third-order valence-electron chi connectivity index (χ3n) is 2.04. The molecule has 0 radical (unpaired) electrons. The van der Waals surface area contributed by atoms with Crippen LogP contribution in [0.4, 0.5) is 4.39 Å². The highest BCUT2D eigenvalue weighted by Gasteiger charge is 2.27. The molecule has 1 heterocycles. The summed E-state index contributed by atoms with van der Waals surface area (Å²) in [6.07, 6.45) is -0.579. The van der Waals surface area contributed by atoms with Crippen molar-refractivity contribution in [3.05, 3.63) is 0 Å². The van der Waals surface area contributed by atoms with E-state index in [4.69, 9.17) is 0 Å². The van der Waals surface area contributed by atoms with E-state index in [1.807, 2.05) is 20.8 Å². The van der Waals surface area contributed by atoms with Crippen LogP contribution in [0, 0.1) is 5.92 Å². The van der Waals surface area contributed by atoms with Gasteiger partial charge in [-0.15, -0.1) is 0 Å². The molecule has 1 nitrogen and oxygen atoms in total. The Morgan fingerprint density at radius 2 is 1.91 bits per heavy atom. The number of hydrogen-bond acceptors (Lipinski definition) is 1. The molecule has 0 aromatic heterocycles. The van der Waals surface area contributed by atoms with Crippen LogP contribution in [0.5, 0.6) is 0 Å². The first kappa shape index (κ1) is 10.9. The molecule has 0 amide bonds. The predicted octanol–water partition coefficient (Wildman–Crippen LogP) is 2.32. The zero-order chi connectivity index (χ0) is 8.85. The van der Waals surface area contributed by atoms with Gasteiger partial charge in [-0.05, 0) is 6.54 Å². The fraction of sp³-hybridized carbons (Fsp3) is 1.00. The van der Waals surface area contributed by atoms with Gasteiger partial charge in [0, 0.05) is 19.0 Å². The third-order valence-corrected chi connectivity index (χ3v) is 2.04. The van der Waals surface area contributed by atoms with Gasteiger partial charge in [0.15, 0.2) is 0 Å². The van der Waals surface area contributed by atoms with Crippen molar-refractivity contribution in [3.63, 3.8) is 0 Å². The minimum Gasteiger partial charge on any atom is -0.300 e. The normalized spacial score (nSPS) is 31.4. The van der Waals surface area contributed by atoms with Gasteiger partial charge in [-0.2, -0.15) is 0 Å². The van der Waals surface area contributed by atoms with E-state index in [1.54, 1.807) is 0 Å². The van der Waals surface area contributed by atoms with Crippen molar-refractivity contribution in [2.24, 2.45) is 5.92 Å². The Hall–Kier alpha value is -0.110. The summed E-state index contributed by atoms with van der Waals surface area (Å²) in [5.41, 5.74) is 0. The summed E-state index contributed by atoms with van der Waals surface area (Å²) in [4.78, 5) is 2.15. The van der Waals surface area contributed by atoms with Gasteiger partial charge in [-0.1, -0.05) is 27.7 Å². The van der Waals surface area contributed by atoms with Gasteiger partial charge in [-0.25, -0.2) is 4.39 Å². The molecule has 1 rings (SSSR count). The molecule has 0 aromatic carbocycles. The van der Waals surface area contributed by atoms with Crippen LogP contribution in [0.25, 0.3) is 0 Å². The molecule has 0 saturated carbocycles. The zero-order valence-electron chi connectivity index (χ0n) is 8.10. The van der Waals surface area contributed by atoms with Gasteiger partial charge in [0.05, 0.1) is 0 Å². The van der Waals surface area contributed by atoms with E-state index >= 15 is 0 Å². The summed E-state index contributed by atoms with van der Waals surface area (Å²) in [6.45, 7) is 10.6. The average Bonchev–Trinajstić information content (AvgIpc) is 2.36. The first-order chi connectivity index (χ1) is 5.24. The lowest BCUT2D eigenvalue weighted by Crippen LogP contribution is -2.19. The van der Waals surface area contributed by atoms with Crippen LogP contribution in [-0.4, -0.2) is 30.7 Å². The van der Waals surface area contributed by atoms with Crippen LogP contribution in [0.3, 0.4) is 0 Å². The summed E-state index contributed by atoms with van der Waals surface area (Å²) >= 11 is 0. The molecule has 0 N–H and O–H groups in total. The molecular formula is C9H20FN. The molecule has 68 valence electrons. The highest BCUT2D eigenvalue weighted by Crippen LogP contribution is 2.18. The maximum absolute atomic E-state index is 12.7. The van der Waals surface area contributed by atoms with Crippen molar-refractivity contribution in [1.82, 2.24) is 4.90 Å². The molecule has 1 saturated heterocycles. The second-order valence-electron chi connectivity index (χ2n) is 2.85. The van der Waals surface area contributed by atoms with Crippen molar-refractivity contribution >= 4 is 0 Å². The summed E-state index contributed by atoms with van der Waals surface area (Å²) in [5, 5.41) is 0. The Balaban J connectivity index is 0.000000461. The molecular weight excluding hydrogens is 141 g/mol. The van der Waals surface area contributed by atoms with Gasteiger partial charge in [0.2, 0.25) is 0 Å². The van der Waals surface area contributed by atoms with Crippen molar-refractivity contribution in [2.75, 3.05) is 19.6 Å². The molecule has 2 atom stereocenters. The quantitative estimate of drug-likeness (QED) is 0.570. The SMILES string of the molecule is CC.CCN1CC(C)C(F)C1. The van der Waals surface area contributed by atoms with E-state index in [0.717, 1.165) is 13.1 Å². The highest BCUT2D eigenvalue weighted by molar-refractivity contribution is 4.79. The topological polar surface area (TPSA) is 3.24 Å². The lowest BCUT2D eigenvalue weighted by atomic mass is 10.1. The van der Waals surface area contributed by atoms with Crippen LogP contribution >= 0.6 is 0 Å². The summed E-state index contributed by atoms with van der Waals surface area (Å²) in [7, 11) is 0. The van der Waals surface area contributed by atoms with E-state index in [9.17, 15) is 4.39 Å². The van der Waals surface area contributed by atoms with Crippen LogP contribution < -0.4 is 0 Å². The van der Waals surface area contributed by atoms with E-state index in [2.05, 4.69) is 11.8 Å². The number of halogens is 1. The van der Waals surface area contributed by atoms with Crippen LogP contribution in [0.1, 0.15) is 27.7 Å². The van der Waals surface area contributed by atoms with Crippen molar-refractivity contribution in [3.8, 4) is 0 Å². The second-order valence-corrected chi connectivity index (χ2v) is 2.85. The van der Waals surface area contributed by atoms with Crippen molar-refractivity contribution in [1.29, 1.82) is 0 Å². The highest BCUT2D eigenvalue weighted by atomic mass is 19.1. The Kier molecular flexibility index (Phi) is 5.47. The largest absolute Gasteiger partial charge is 0.300 e. The number of nitrogens with zero attached hydrogens (tertiary/aromatic N) is 1. The fourth-order valence-electron chi connectivity index (χ4n) is 1.28. The Labute approximate surface area is 69.6 Å². The molecule has 1 fully saturated rings. The van der Waals surface area contributed by atoms with Crippen LogP contribution in [-0.2, 0) is 0 Å². The Morgan fingerprint density at radius 3 is 2.09 bits per heavy atom. The Morgan fingerprint density at radius 1 is 1.36 bits per heavy atom. The lowest BCUT2D eigenvalue weighted by Gasteiger charge is -2.09. The van der Waals surface area contributed by atoms with Crippen molar-refractivity contribution in [2.45, 2.75) is 33.9 Å².